The summed E-state index contributed by atoms with van der Waals surface area (Å²) in [5.41, 5.74) is 7.76. The van der Waals surface area contributed by atoms with Gasteiger partial charge in [-0.15, -0.1) is 12.4 Å². The molecule has 0 aliphatic heterocycles. The van der Waals surface area contributed by atoms with E-state index in [4.69, 9.17) is 16.6 Å². The van der Waals surface area contributed by atoms with Gasteiger partial charge in [-0.1, -0.05) is 0 Å². The van der Waals surface area contributed by atoms with Gasteiger partial charge in [-0.05, 0) is 18.2 Å². The van der Waals surface area contributed by atoms with Crippen LogP contribution in [-0.4, -0.2) is 17.0 Å². The van der Waals surface area contributed by atoms with E-state index in [1.165, 1.54) is 0 Å². The Balaban J connectivity index is 0.00000289. The summed E-state index contributed by atoms with van der Waals surface area (Å²) in [7, 11) is 0. The second kappa shape index (κ2) is 5.58. The Morgan fingerprint density at radius 1 is 1.28 bits per heavy atom. The number of phenolic OH excluding ortho intramolecular Hbond substituents is 1. The van der Waals surface area contributed by atoms with Gasteiger partial charge in [-0.3, -0.25) is 4.79 Å². The maximum absolute atomic E-state index is 12.6. The highest BCUT2D eigenvalue weighted by molar-refractivity contribution is 6.03. The van der Waals surface area contributed by atoms with Crippen LogP contribution in [0.5, 0.6) is 5.75 Å². The molecule has 0 radical (unpaired) electrons. The molecular weight excluding hydrogens is 275 g/mol. The highest BCUT2D eigenvalue weighted by Gasteiger charge is 2.35. The summed E-state index contributed by atoms with van der Waals surface area (Å²) in [4.78, 5) is 14.3. The van der Waals surface area contributed by atoms with Crippen molar-refractivity contribution in [1.29, 1.82) is 0 Å². The largest absolute Gasteiger partial charge is 0.508 e. The number of halogens is 4. The molecule has 0 spiro atoms. The van der Waals surface area contributed by atoms with E-state index in [9.17, 15) is 18.0 Å². The minimum Gasteiger partial charge on any atom is -0.508 e. The van der Waals surface area contributed by atoms with Gasteiger partial charge in [0.25, 0.3) is 5.91 Å². The third-order valence-electron chi connectivity index (χ3n) is 1.77. The zero-order valence-electron chi connectivity index (χ0n) is 8.73. The number of amides is 1. The van der Waals surface area contributed by atoms with Crippen LogP contribution in [0.2, 0.25) is 0 Å². The summed E-state index contributed by atoms with van der Waals surface area (Å²) in [6.07, 6.45) is -4.79. The van der Waals surface area contributed by atoms with Crippen molar-refractivity contribution in [2.75, 3.05) is 0 Å². The van der Waals surface area contributed by atoms with Crippen molar-refractivity contribution in [2.45, 2.75) is 6.18 Å². The second-order valence-electron chi connectivity index (χ2n) is 3.07. The maximum atomic E-state index is 12.6. The smallest absolute Gasteiger partial charge is 0.417 e. The van der Waals surface area contributed by atoms with E-state index < -0.39 is 34.9 Å². The highest BCUT2D eigenvalue weighted by atomic mass is 35.5. The van der Waals surface area contributed by atoms with Gasteiger partial charge in [0.2, 0.25) is 0 Å². The molecule has 1 aromatic carbocycles. The fourth-order valence-corrected chi connectivity index (χ4v) is 1.13. The van der Waals surface area contributed by atoms with Crippen LogP contribution < -0.4 is 11.5 Å². The van der Waals surface area contributed by atoms with Crippen LogP contribution in [0.25, 0.3) is 0 Å². The third kappa shape index (κ3) is 3.81. The van der Waals surface area contributed by atoms with Crippen LogP contribution in [0.1, 0.15) is 15.9 Å². The van der Waals surface area contributed by atoms with Crippen LogP contribution in [-0.2, 0) is 6.18 Å². The molecule has 0 saturated carbocycles. The quantitative estimate of drug-likeness (QED) is 0.533. The van der Waals surface area contributed by atoms with Gasteiger partial charge in [0.1, 0.15) is 5.75 Å². The van der Waals surface area contributed by atoms with Crippen molar-refractivity contribution in [2.24, 2.45) is 16.5 Å². The van der Waals surface area contributed by atoms with E-state index >= 15 is 0 Å². The van der Waals surface area contributed by atoms with Crippen molar-refractivity contribution in [3.63, 3.8) is 0 Å². The number of nitrogens with two attached hydrogens (primary N) is 2. The molecule has 0 heterocycles. The number of carbonyl (C=O) groups excluding carboxylic acids is 1. The number of aliphatic imine (C=N–C) groups is 1. The van der Waals surface area contributed by atoms with Gasteiger partial charge >= 0.3 is 6.18 Å². The minimum atomic E-state index is -4.79. The fraction of sp³-hybridized carbons (Fsp3) is 0.111. The van der Waals surface area contributed by atoms with Crippen molar-refractivity contribution >= 4 is 24.3 Å². The van der Waals surface area contributed by atoms with Gasteiger partial charge in [0.15, 0.2) is 5.96 Å². The predicted octanol–water partition coefficient (Wildman–Crippen LogP) is 1.25. The van der Waals surface area contributed by atoms with Crippen molar-refractivity contribution in [3.05, 3.63) is 29.3 Å². The second-order valence-corrected chi connectivity index (χ2v) is 3.07. The lowest BCUT2D eigenvalue weighted by atomic mass is 10.1. The van der Waals surface area contributed by atoms with Gasteiger partial charge < -0.3 is 16.6 Å². The van der Waals surface area contributed by atoms with Crippen LogP contribution >= 0.6 is 12.4 Å². The average Bonchev–Trinajstić information content (AvgIpc) is 2.14. The van der Waals surface area contributed by atoms with Gasteiger partial charge in [-0.2, -0.15) is 18.2 Å². The molecule has 1 aromatic rings. The number of hydrogen-bond acceptors (Lipinski definition) is 2. The fourth-order valence-electron chi connectivity index (χ4n) is 1.13. The Morgan fingerprint density at radius 2 is 1.83 bits per heavy atom. The number of hydrogen-bond donors (Lipinski definition) is 3. The molecule has 0 aromatic heterocycles. The molecule has 1 amide bonds. The zero-order valence-corrected chi connectivity index (χ0v) is 9.55. The van der Waals surface area contributed by atoms with Gasteiger partial charge in [0, 0.05) is 0 Å². The lowest BCUT2D eigenvalue weighted by molar-refractivity contribution is -0.138. The van der Waals surface area contributed by atoms with Crippen molar-refractivity contribution in [1.82, 2.24) is 0 Å². The summed E-state index contributed by atoms with van der Waals surface area (Å²) in [5, 5.41) is 8.97. The number of guanidine groups is 1. The molecule has 18 heavy (non-hydrogen) atoms. The van der Waals surface area contributed by atoms with Crippen LogP contribution in [0.4, 0.5) is 13.2 Å². The molecule has 0 aliphatic rings. The predicted molar refractivity (Wildman–Crippen MR) is 60.5 cm³/mol. The summed E-state index contributed by atoms with van der Waals surface area (Å²) in [6.45, 7) is 0. The first kappa shape index (κ1) is 16.0. The topological polar surface area (TPSA) is 102 Å². The lowest BCUT2D eigenvalue weighted by Crippen LogP contribution is -2.25. The number of rotatable bonds is 1. The lowest BCUT2D eigenvalue weighted by Gasteiger charge is -2.10. The highest BCUT2D eigenvalue weighted by Crippen LogP contribution is 2.34. The van der Waals surface area contributed by atoms with E-state index in [-0.39, 0.29) is 12.4 Å². The first-order chi connectivity index (χ1) is 7.71. The Kier molecular flexibility index (Phi) is 4.98. The monoisotopic (exact) mass is 283 g/mol. The average molecular weight is 284 g/mol. The summed E-state index contributed by atoms with van der Waals surface area (Å²) >= 11 is 0. The SMILES string of the molecule is Cl.NC(N)=NC(=O)c1ccc(O)cc1C(F)(F)F. The molecule has 0 bridgehead atoms. The Morgan fingerprint density at radius 3 is 2.28 bits per heavy atom. The maximum Gasteiger partial charge on any atom is 0.417 e. The molecule has 5 nitrogen and oxygen atoms in total. The first-order valence-corrected chi connectivity index (χ1v) is 4.26. The summed E-state index contributed by atoms with van der Waals surface area (Å²) in [5.74, 6) is -2.48. The van der Waals surface area contributed by atoms with Crippen LogP contribution in [0.15, 0.2) is 23.2 Å². The Labute approximate surface area is 106 Å². The Hall–Kier alpha value is -1.96. The van der Waals surface area contributed by atoms with Crippen molar-refractivity contribution < 1.29 is 23.1 Å². The molecule has 1 rings (SSSR count). The number of carbonyl (C=O) groups is 1. The number of alkyl halides is 3. The molecule has 100 valence electrons. The Bertz CT molecular complexity index is 484. The number of nitrogens with zero attached hydrogens (tertiary/aromatic N) is 1. The molecular formula is C9H9ClF3N3O2. The standard InChI is InChI=1S/C9H8F3N3O2.ClH/c10-9(11,12)6-3-4(16)1-2-5(6)7(17)15-8(13)14;/h1-3,16H,(H4,13,14,15,17);1H. The molecule has 0 atom stereocenters. The third-order valence-corrected chi connectivity index (χ3v) is 1.77. The van der Waals surface area contributed by atoms with Crippen molar-refractivity contribution in [3.8, 4) is 5.75 Å². The van der Waals surface area contributed by atoms with E-state index in [2.05, 4.69) is 4.99 Å². The normalized spacial score (nSPS) is 10.4. The number of benzene rings is 1. The van der Waals surface area contributed by atoms with Crippen LogP contribution in [0, 0.1) is 0 Å². The number of aromatic hydroxyl groups is 1. The minimum absolute atomic E-state index is 0. The van der Waals surface area contributed by atoms with E-state index in [0.29, 0.717) is 6.07 Å². The summed E-state index contributed by atoms with van der Waals surface area (Å²) < 4.78 is 37.7. The first-order valence-electron chi connectivity index (χ1n) is 4.26. The van der Waals surface area contributed by atoms with Crippen LogP contribution in [0.3, 0.4) is 0 Å². The molecule has 0 unspecified atom stereocenters. The number of phenols is 1. The molecule has 5 N–H and O–H groups in total. The molecule has 0 fully saturated rings. The molecule has 0 aliphatic carbocycles. The van der Waals surface area contributed by atoms with E-state index in [0.717, 1.165) is 12.1 Å². The van der Waals surface area contributed by atoms with Gasteiger partial charge in [0.05, 0.1) is 11.1 Å². The summed E-state index contributed by atoms with van der Waals surface area (Å²) in [6, 6.07) is 2.16. The van der Waals surface area contributed by atoms with E-state index in [1.54, 1.807) is 0 Å². The molecule has 9 heteroatoms. The molecule has 0 saturated heterocycles. The zero-order chi connectivity index (χ0) is 13.2. The van der Waals surface area contributed by atoms with Gasteiger partial charge in [-0.25, -0.2) is 0 Å². The van der Waals surface area contributed by atoms with E-state index in [1.807, 2.05) is 0 Å².